The fourth-order valence-corrected chi connectivity index (χ4v) is 3.24. The molecular formula is C15H15FO2S. The lowest BCUT2D eigenvalue weighted by Crippen LogP contribution is -2.02. The number of halogens is 1. The number of aryl methyl sites for hydroxylation is 2. The van der Waals surface area contributed by atoms with Crippen LogP contribution in [0.15, 0.2) is 24.3 Å². The summed E-state index contributed by atoms with van der Waals surface area (Å²) in [6.45, 7) is 3.30. The van der Waals surface area contributed by atoms with Gasteiger partial charge in [-0.1, -0.05) is 24.3 Å². The molecule has 0 unspecified atom stereocenters. The second-order valence-electron chi connectivity index (χ2n) is 4.50. The summed E-state index contributed by atoms with van der Waals surface area (Å²) >= 11 is 1.51. The zero-order chi connectivity index (χ0) is 14.0. The van der Waals surface area contributed by atoms with E-state index in [1.54, 1.807) is 12.1 Å². The maximum absolute atomic E-state index is 12.4. The first-order valence-corrected chi connectivity index (χ1v) is 6.80. The van der Waals surface area contributed by atoms with Gasteiger partial charge in [0.25, 0.3) is 0 Å². The summed E-state index contributed by atoms with van der Waals surface area (Å²) in [6.07, 6.45) is 0.574. The fourth-order valence-electron chi connectivity index (χ4n) is 2.17. The lowest BCUT2D eigenvalue weighted by molar-refractivity contribution is 0.0695. The average molecular weight is 278 g/mol. The minimum atomic E-state index is -0.878. The number of thiophene rings is 1. The number of benzene rings is 1. The molecule has 2 rings (SSSR count). The Balaban J connectivity index is 2.34. The Morgan fingerprint density at radius 1 is 1.16 bits per heavy atom. The molecule has 100 valence electrons. The molecule has 1 heterocycles. The van der Waals surface area contributed by atoms with E-state index in [4.69, 9.17) is 0 Å². The highest BCUT2D eigenvalue weighted by molar-refractivity contribution is 7.12. The molecule has 0 amide bonds. The first-order chi connectivity index (χ1) is 9.02. The quantitative estimate of drug-likeness (QED) is 0.913. The minimum absolute atomic E-state index is 0.414. The Morgan fingerprint density at radius 3 is 2.26 bits per heavy atom. The standard InChI is InChI=1S/C15H15FO2S/c1-9-13(14(15(17)18)10(2)19-9)7-11-3-5-12(8-16)6-4-11/h3-6H,7-8H2,1-2H3,(H,17,18). The molecule has 2 nitrogen and oxygen atoms in total. The normalized spacial score (nSPS) is 10.7. The first kappa shape index (κ1) is 13.7. The predicted octanol–water partition coefficient (Wildman–Crippen LogP) is 4.12. The van der Waals surface area contributed by atoms with Crippen molar-refractivity contribution < 1.29 is 14.3 Å². The predicted molar refractivity (Wildman–Crippen MR) is 74.8 cm³/mol. The fraction of sp³-hybridized carbons (Fsp3) is 0.267. The zero-order valence-electron chi connectivity index (χ0n) is 10.9. The third-order valence-electron chi connectivity index (χ3n) is 3.16. The number of alkyl halides is 1. The molecule has 1 aromatic heterocycles. The van der Waals surface area contributed by atoms with Crippen molar-refractivity contribution in [3.05, 3.63) is 56.3 Å². The first-order valence-electron chi connectivity index (χ1n) is 5.99. The molecule has 0 aliphatic carbocycles. The molecular weight excluding hydrogens is 263 g/mol. The van der Waals surface area contributed by atoms with Gasteiger partial charge in [-0.2, -0.15) is 0 Å². The van der Waals surface area contributed by atoms with Gasteiger partial charge >= 0.3 is 5.97 Å². The van der Waals surface area contributed by atoms with Gasteiger partial charge < -0.3 is 5.11 Å². The van der Waals surface area contributed by atoms with Crippen LogP contribution in [0.3, 0.4) is 0 Å². The Kier molecular flexibility index (Phi) is 4.00. The number of carbonyl (C=O) groups is 1. The average Bonchev–Trinajstić information content (AvgIpc) is 2.65. The van der Waals surface area contributed by atoms with Crippen molar-refractivity contribution >= 4 is 17.3 Å². The Morgan fingerprint density at radius 2 is 1.74 bits per heavy atom. The number of carboxylic acids is 1. The lowest BCUT2D eigenvalue weighted by Gasteiger charge is -2.05. The molecule has 0 aliphatic heterocycles. The van der Waals surface area contributed by atoms with Crippen molar-refractivity contribution in [3.63, 3.8) is 0 Å². The van der Waals surface area contributed by atoms with Gasteiger partial charge in [-0.15, -0.1) is 11.3 Å². The second kappa shape index (κ2) is 5.53. The number of hydrogen-bond donors (Lipinski definition) is 1. The van der Waals surface area contributed by atoms with Gasteiger partial charge in [-0.05, 0) is 37.0 Å². The van der Waals surface area contributed by atoms with E-state index in [2.05, 4.69) is 0 Å². The molecule has 0 saturated heterocycles. The molecule has 1 aromatic carbocycles. The molecule has 2 aromatic rings. The smallest absolute Gasteiger partial charge is 0.337 e. The van der Waals surface area contributed by atoms with Crippen LogP contribution < -0.4 is 0 Å². The summed E-state index contributed by atoms with van der Waals surface area (Å²) in [4.78, 5) is 13.2. The highest BCUT2D eigenvalue weighted by Crippen LogP contribution is 2.29. The molecule has 0 bridgehead atoms. The summed E-state index contributed by atoms with van der Waals surface area (Å²) in [7, 11) is 0. The van der Waals surface area contributed by atoms with Gasteiger partial charge in [0.05, 0.1) is 5.56 Å². The van der Waals surface area contributed by atoms with E-state index in [1.165, 1.54) is 11.3 Å². The SMILES string of the molecule is Cc1sc(C)c(C(=O)O)c1Cc1ccc(CF)cc1. The maximum atomic E-state index is 12.4. The molecule has 0 fully saturated rings. The van der Waals surface area contributed by atoms with Gasteiger partial charge in [-0.25, -0.2) is 9.18 Å². The van der Waals surface area contributed by atoms with Crippen molar-refractivity contribution in [2.24, 2.45) is 0 Å². The van der Waals surface area contributed by atoms with E-state index >= 15 is 0 Å². The van der Waals surface area contributed by atoms with Crippen LogP contribution in [-0.2, 0) is 13.1 Å². The molecule has 1 N–H and O–H groups in total. The maximum Gasteiger partial charge on any atom is 0.337 e. The lowest BCUT2D eigenvalue weighted by atomic mass is 10.00. The van der Waals surface area contributed by atoms with E-state index in [9.17, 15) is 14.3 Å². The van der Waals surface area contributed by atoms with Crippen LogP contribution in [0.2, 0.25) is 0 Å². The van der Waals surface area contributed by atoms with E-state index in [0.717, 1.165) is 20.9 Å². The molecule has 0 spiro atoms. The topological polar surface area (TPSA) is 37.3 Å². The Labute approximate surface area is 115 Å². The highest BCUT2D eigenvalue weighted by Gasteiger charge is 2.18. The number of aromatic carboxylic acids is 1. The summed E-state index contributed by atoms with van der Waals surface area (Å²) < 4.78 is 12.4. The van der Waals surface area contributed by atoms with Gasteiger partial charge in [0.2, 0.25) is 0 Å². The molecule has 0 aliphatic rings. The summed E-state index contributed by atoms with van der Waals surface area (Å²) in [5.41, 5.74) is 2.92. The zero-order valence-corrected chi connectivity index (χ0v) is 11.7. The molecule has 0 atom stereocenters. The van der Waals surface area contributed by atoms with Crippen molar-refractivity contribution in [1.82, 2.24) is 0 Å². The van der Waals surface area contributed by atoms with Crippen molar-refractivity contribution in [3.8, 4) is 0 Å². The largest absolute Gasteiger partial charge is 0.478 e. The van der Waals surface area contributed by atoms with Gasteiger partial charge in [-0.3, -0.25) is 0 Å². The monoisotopic (exact) mass is 278 g/mol. The van der Waals surface area contributed by atoms with Gasteiger partial charge in [0, 0.05) is 9.75 Å². The van der Waals surface area contributed by atoms with Crippen molar-refractivity contribution in [2.75, 3.05) is 0 Å². The van der Waals surface area contributed by atoms with E-state index in [0.29, 0.717) is 17.5 Å². The van der Waals surface area contributed by atoms with Gasteiger partial charge in [0.15, 0.2) is 0 Å². The Bertz CT molecular complexity index is 599. The third-order valence-corrected chi connectivity index (χ3v) is 4.22. The van der Waals surface area contributed by atoms with Gasteiger partial charge in [0.1, 0.15) is 6.67 Å². The third kappa shape index (κ3) is 2.84. The molecule has 0 saturated carbocycles. The molecule has 4 heteroatoms. The summed E-state index contributed by atoms with van der Waals surface area (Å²) in [5.74, 6) is -0.878. The van der Waals surface area contributed by atoms with Crippen LogP contribution in [0.25, 0.3) is 0 Å². The van der Waals surface area contributed by atoms with Crippen molar-refractivity contribution in [2.45, 2.75) is 26.9 Å². The molecule has 19 heavy (non-hydrogen) atoms. The van der Waals surface area contributed by atoms with Crippen LogP contribution in [0, 0.1) is 13.8 Å². The van der Waals surface area contributed by atoms with Crippen LogP contribution in [0.4, 0.5) is 4.39 Å². The van der Waals surface area contributed by atoms with Crippen LogP contribution in [-0.4, -0.2) is 11.1 Å². The van der Waals surface area contributed by atoms with Crippen LogP contribution >= 0.6 is 11.3 Å². The number of rotatable bonds is 4. The highest BCUT2D eigenvalue weighted by atomic mass is 32.1. The summed E-state index contributed by atoms with van der Waals surface area (Å²) in [6, 6.07) is 7.19. The Hall–Kier alpha value is -1.68. The van der Waals surface area contributed by atoms with E-state index in [1.807, 2.05) is 26.0 Å². The second-order valence-corrected chi connectivity index (χ2v) is 5.93. The summed E-state index contributed by atoms with van der Waals surface area (Å²) in [5, 5.41) is 9.28. The number of hydrogen-bond acceptors (Lipinski definition) is 2. The van der Waals surface area contributed by atoms with Crippen LogP contribution in [0.1, 0.15) is 36.8 Å². The minimum Gasteiger partial charge on any atom is -0.478 e. The van der Waals surface area contributed by atoms with Crippen molar-refractivity contribution in [1.29, 1.82) is 0 Å². The molecule has 0 radical (unpaired) electrons. The van der Waals surface area contributed by atoms with E-state index < -0.39 is 12.6 Å². The number of carboxylic acid groups (broad SMARTS) is 1. The van der Waals surface area contributed by atoms with Crippen LogP contribution in [0.5, 0.6) is 0 Å². The van der Waals surface area contributed by atoms with E-state index in [-0.39, 0.29) is 0 Å².